The number of fused-ring (bicyclic) bond motifs is 1. The molecular formula is C27H23N3O5S. The van der Waals surface area contributed by atoms with Gasteiger partial charge in [0.2, 0.25) is 10.0 Å². The minimum atomic E-state index is -3.75. The molecule has 0 aromatic heterocycles. The van der Waals surface area contributed by atoms with Crippen molar-refractivity contribution < 1.29 is 18.1 Å². The highest BCUT2D eigenvalue weighted by atomic mass is 32.2. The van der Waals surface area contributed by atoms with Gasteiger partial charge in [0.15, 0.2) is 0 Å². The highest BCUT2D eigenvalue weighted by Gasteiger charge is 2.38. The van der Waals surface area contributed by atoms with Crippen LogP contribution in [0.1, 0.15) is 22.9 Å². The molecule has 1 aliphatic heterocycles. The lowest BCUT2D eigenvalue weighted by Crippen LogP contribution is -2.42. The topological polar surface area (TPSA) is 102 Å². The molecule has 9 heteroatoms. The lowest BCUT2D eigenvalue weighted by molar-refractivity contribution is -0.384. The second-order valence-electron chi connectivity index (χ2n) is 8.36. The maximum atomic E-state index is 13.6. The van der Waals surface area contributed by atoms with Crippen molar-refractivity contribution in [3.05, 3.63) is 130 Å². The lowest BCUT2D eigenvalue weighted by atomic mass is 10.1. The monoisotopic (exact) mass is 501 g/mol. The Bertz CT molecular complexity index is 1470. The highest BCUT2D eigenvalue weighted by Crippen LogP contribution is 2.39. The van der Waals surface area contributed by atoms with E-state index < -0.39 is 21.1 Å². The summed E-state index contributed by atoms with van der Waals surface area (Å²) in [6, 6.07) is 29.8. The van der Waals surface area contributed by atoms with E-state index in [1.807, 2.05) is 42.5 Å². The van der Waals surface area contributed by atoms with Crippen LogP contribution in [0.3, 0.4) is 0 Å². The molecule has 4 aromatic carbocycles. The Labute approximate surface area is 209 Å². The molecule has 0 fully saturated rings. The van der Waals surface area contributed by atoms with Crippen LogP contribution in [0.4, 0.5) is 11.4 Å². The molecule has 8 nitrogen and oxygen atoms in total. The summed E-state index contributed by atoms with van der Waals surface area (Å²) in [5.74, 6) is 0.603. The number of nitro benzene ring substituents is 1. The van der Waals surface area contributed by atoms with E-state index in [2.05, 4.69) is 5.32 Å². The van der Waals surface area contributed by atoms with Gasteiger partial charge in [-0.3, -0.25) is 10.1 Å². The fourth-order valence-corrected chi connectivity index (χ4v) is 5.79. The number of nitrogens with zero attached hydrogens (tertiary/aromatic N) is 2. The molecule has 0 unspecified atom stereocenters. The first-order chi connectivity index (χ1) is 17.4. The van der Waals surface area contributed by atoms with Crippen LogP contribution in [-0.2, 0) is 23.2 Å². The van der Waals surface area contributed by atoms with Crippen LogP contribution >= 0.6 is 0 Å². The average molecular weight is 502 g/mol. The quantitative estimate of drug-likeness (QED) is 0.265. The molecule has 0 saturated heterocycles. The molecule has 0 radical (unpaired) electrons. The second-order valence-corrected chi connectivity index (χ2v) is 10.2. The first-order valence-corrected chi connectivity index (χ1v) is 12.7. The molecule has 0 bridgehead atoms. The third kappa shape index (κ3) is 4.79. The van der Waals surface area contributed by atoms with Crippen LogP contribution < -0.4 is 10.1 Å². The molecule has 36 heavy (non-hydrogen) atoms. The summed E-state index contributed by atoms with van der Waals surface area (Å²) in [4.78, 5) is 10.6. The second kappa shape index (κ2) is 9.80. The first-order valence-electron chi connectivity index (χ1n) is 11.3. The molecule has 182 valence electrons. The van der Waals surface area contributed by atoms with Gasteiger partial charge in [-0.25, -0.2) is 8.42 Å². The van der Waals surface area contributed by atoms with Crippen LogP contribution in [0.15, 0.2) is 108 Å². The van der Waals surface area contributed by atoms with Gasteiger partial charge in [-0.1, -0.05) is 54.6 Å². The molecule has 0 spiro atoms. The Morgan fingerprint density at radius 2 is 1.50 bits per heavy atom. The van der Waals surface area contributed by atoms with Gasteiger partial charge in [0.25, 0.3) is 5.69 Å². The van der Waals surface area contributed by atoms with Gasteiger partial charge in [0.05, 0.1) is 10.6 Å². The summed E-state index contributed by atoms with van der Waals surface area (Å²) in [5, 5.41) is 14.2. The zero-order chi connectivity index (χ0) is 25.1. The number of benzene rings is 4. The van der Waals surface area contributed by atoms with Crippen molar-refractivity contribution in [2.24, 2.45) is 0 Å². The predicted octanol–water partition coefficient (Wildman–Crippen LogP) is 5.49. The number of non-ortho nitro benzene ring substituents is 1. The van der Waals surface area contributed by atoms with Crippen molar-refractivity contribution in [3.63, 3.8) is 0 Å². The van der Waals surface area contributed by atoms with E-state index in [0.717, 1.165) is 16.7 Å². The van der Waals surface area contributed by atoms with Crippen LogP contribution in [0.25, 0.3) is 0 Å². The predicted molar refractivity (Wildman–Crippen MR) is 136 cm³/mol. The maximum absolute atomic E-state index is 13.6. The SMILES string of the molecule is O=[N+]([O-])c1ccc(COc2ccc([C@@H]3Nc4ccccc4S(=O)(=O)N3Cc3ccccc3)cc2)cc1. The van der Waals surface area contributed by atoms with E-state index in [1.165, 1.54) is 16.4 Å². The van der Waals surface area contributed by atoms with E-state index in [0.29, 0.717) is 11.4 Å². The summed E-state index contributed by atoms with van der Waals surface area (Å²) in [6.45, 7) is 0.467. The molecule has 1 heterocycles. The number of rotatable bonds is 7. The van der Waals surface area contributed by atoms with Crippen molar-refractivity contribution in [1.82, 2.24) is 4.31 Å². The first kappa shape index (κ1) is 23.5. The molecule has 0 aliphatic carbocycles. The van der Waals surface area contributed by atoms with Crippen LogP contribution in [0, 0.1) is 10.1 Å². The van der Waals surface area contributed by atoms with Crippen LogP contribution in [0.2, 0.25) is 0 Å². The molecule has 1 aliphatic rings. The zero-order valence-electron chi connectivity index (χ0n) is 19.2. The number of hydrogen-bond donors (Lipinski definition) is 1. The summed E-state index contributed by atoms with van der Waals surface area (Å²) in [5.41, 5.74) is 3.04. The largest absolute Gasteiger partial charge is 0.489 e. The van der Waals surface area contributed by atoms with Crippen molar-refractivity contribution in [3.8, 4) is 5.75 Å². The minimum absolute atomic E-state index is 0.0275. The highest BCUT2D eigenvalue weighted by molar-refractivity contribution is 7.89. The molecule has 1 N–H and O–H groups in total. The van der Waals surface area contributed by atoms with Crippen LogP contribution in [0.5, 0.6) is 5.75 Å². The van der Waals surface area contributed by atoms with Gasteiger partial charge in [0.1, 0.15) is 23.4 Å². The Balaban J connectivity index is 1.38. The average Bonchev–Trinajstić information content (AvgIpc) is 2.90. The maximum Gasteiger partial charge on any atom is 0.269 e. The molecule has 0 amide bonds. The van der Waals surface area contributed by atoms with Crippen molar-refractivity contribution >= 4 is 21.4 Å². The summed E-state index contributed by atoms with van der Waals surface area (Å²) < 4.78 is 34.5. The number of sulfonamides is 1. The third-order valence-corrected chi connectivity index (χ3v) is 7.85. The fraction of sp³-hybridized carbons (Fsp3) is 0.111. The summed E-state index contributed by atoms with van der Waals surface area (Å²) in [7, 11) is -3.75. The van der Waals surface area contributed by atoms with Gasteiger partial charge >= 0.3 is 0 Å². The van der Waals surface area contributed by atoms with Gasteiger partial charge in [-0.05, 0) is 53.1 Å². The minimum Gasteiger partial charge on any atom is -0.489 e. The van der Waals surface area contributed by atoms with Crippen molar-refractivity contribution in [2.45, 2.75) is 24.2 Å². The fourth-order valence-electron chi connectivity index (χ4n) is 4.11. The molecule has 1 atom stereocenters. The normalized spacial score (nSPS) is 16.5. The Morgan fingerprint density at radius 1 is 0.833 bits per heavy atom. The van der Waals surface area contributed by atoms with Gasteiger partial charge in [-0.15, -0.1) is 0 Å². The Morgan fingerprint density at radius 3 is 2.19 bits per heavy atom. The summed E-state index contributed by atoms with van der Waals surface area (Å²) in [6.07, 6.45) is -0.603. The van der Waals surface area contributed by atoms with E-state index in [4.69, 9.17) is 4.74 Å². The molecule has 4 aromatic rings. The molecule has 5 rings (SSSR count). The van der Waals surface area contributed by atoms with Crippen molar-refractivity contribution in [1.29, 1.82) is 0 Å². The molecular weight excluding hydrogens is 478 g/mol. The van der Waals surface area contributed by atoms with Gasteiger partial charge < -0.3 is 10.1 Å². The summed E-state index contributed by atoms with van der Waals surface area (Å²) >= 11 is 0. The van der Waals surface area contributed by atoms with E-state index in [-0.39, 0.29) is 23.7 Å². The van der Waals surface area contributed by atoms with Crippen LogP contribution in [-0.4, -0.2) is 17.6 Å². The number of hydrogen-bond acceptors (Lipinski definition) is 6. The van der Waals surface area contributed by atoms with E-state index in [9.17, 15) is 18.5 Å². The van der Waals surface area contributed by atoms with Crippen molar-refractivity contribution in [2.75, 3.05) is 5.32 Å². The molecule has 0 saturated carbocycles. The Kier molecular flexibility index (Phi) is 6.41. The van der Waals surface area contributed by atoms with Gasteiger partial charge in [-0.2, -0.15) is 4.31 Å². The number of anilines is 1. The number of nitrogens with one attached hydrogen (secondary N) is 1. The van der Waals surface area contributed by atoms with Gasteiger partial charge in [0, 0.05) is 18.7 Å². The zero-order valence-corrected chi connectivity index (χ0v) is 20.0. The third-order valence-electron chi connectivity index (χ3n) is 5.98. The smallest absolute Gasteiger partial charge is 0.269 e. The number of nitro groups is 1. The van der Waals surface area contributed by atoms with E-state index in [1.54, 1.807) is 48.5 Å². The number of para-hydroxylation sites is 1. The lowest BCUT2D eigenvalue weighted by Gasteiger charge is -2.37. The Hall–Kier alpha value is -4.21. The standard InChI is InChI=1S/C27H23N3O5S/c31-30(32)23-14-10-21(11-15-23)19-35-24-16-12-22(13-17-24)27-28-25-8-4-5-9-26(25)36(33,34)29(27)18-20-6-2-1-3-7-20/h1-17,27-28H,18-19H2/t27-/m1/s1. The number of ether oxygens (including phenoxy) is 1. The van der Waals surface area contributed by atoms with E-state index >= 15 is 0 Å².